The number of hydrogen-bond acceptors (Lipinski definition) is 5. The number of ether oxygens (including phenoxy) is 2. The Morgan fingerprint density at radius 2 is 1.87 bits per heavy atom. The molecule has 31 heavy (non-hydrogen) atoms. The van der Waals surface area contributed by atoms with Gasteiger partial charge in [-0.15, -0.1) is 0 Å². The van der Waals surface area contributed by atoms with Gasteiger partial charge in [-0.2, -0.15) is 0 Å². The normalized spacial score (nSPS) is 18.8. The number of hydrogen-bond donors (Lipinski definition) is 1. The molecule has 2 saturated heterocycles. The maximum absolute atomic E-state index is 12.4. The highest BCUT2D eigenvalue weighted by molar-refractivity contribution is 5.95. The molecule has 2 heterocycles. The van der Waals surface area contributed by atoms with Gasteiger partial charge in [0.2, 0.25) is 5.91 Å². The summed E-state index contributed by atoms with van der Waals surface area (Å²) in [5, 5.41) is 3.44. The van der Waals surface area contributed by atoms with E-state index in [1.807, 2.05) is 59.5 Å². The summed E-state index contributed by atoms with van der Waals surface area (Å²) < 4.78 is 11.3. The summed E-state index contributed by atoms with van der Waals surface area (Å²) in [5.74, 6) is 0.967. The smallest absolute Gasteiger partial charge is 0.410 e. The fourth-order valence-corrected chi connectivity index (χ4v) is 3.96. The number of nitrogens with zero attached hydrogens (tertiary/aromatic N) is 2. The van der Waals surface area contributed by atoms with Crippen LogP contribution < -0.4 is 15.0 Å². The third-order valence-corrected chi connectivity index (χ3v) is 5.68. The van der Waals surface area contributed by atoms with Crippen LogP contribution in [0.1, 0.15) is 24.8 Å². The van der Waals surface area contributed by atoms with Crippen molar-refractivity contribution >= 4 is 17.7 Å². The Hall–Kier alpha value is -3.06. The van der Waals surface area contributed by atoms with Crippen LogP contribution in [0.5, 0.6) is 5.75 Å². The molecular weight excluding hydrogens is 394 g/mol. The molecule has 0 bridgehead atoms. The number of carbonyl (C=O) groups excluding carboxylic acids is 2. The molecule has 0 radical (unpaired) electrons. The van der Waals surface area contributed by atoms with Gasteiger partial charge in [-0.25, -0.2) is 4.79 Å². The number of carbonyl (C=O) groups is 2. The minimum Gasteiger partial charge on any atom is -0.494 e. The molecular formula is C24H29N3O4. The van der Waals surface area contributed by atoms with Gasteiger partial charge in [-0.3, -0.25) is 4.79 Å². The van der Waals surface area contributed by atoms with Gasteiger partial charge >= 0.3 is 6.09 Å². The zero-order valence-electron chi connectivity index (χ0n) is 17.7. The van der Waals surface area contributed by atoms with E-state index in [1.54, 1.807) is 4.90 Å². The lowest BCUT2D eigenvalue weighted by Gasteiger charge is -2.33. The van der Waals surface area contributed by atoms with E-state index in [9.17, 15) is 9.59 Å². The molecule has 0 unspecified atom stereocenters. The van der Waals surface area contributed by atoms with Crippen LogP contribution in [0, 0.1) is 0 Å². The Morgan fingerprint density at radius 1 is 1.06 bits per heavy atom. The number of anilines is 1. The molecule has 0 spiro atoms. The molecule has 2 aromatic carbocycles. The van der Waals surface area contributed by atoms with E-state index < -0.39 is 0 Å². The van der Waals surface area contributed by atoms with Crippen molar-refractivity contribution in [3.63, 3.8) is 0 Å². The summed E-state index contributed by atoms with van der Waals surface area (Å²) in [6, 6.07) is 17.5. The molecule has 2 aromatic rings. The van der Waals surface area contributed by atoms with Crippen molar-refractivity contribution in [1.82, 2.24) is 10.2 Å². The third kappa shape index (κ3) is 5.76. The van der Waals surface area contributed by atoms with E-state index in [-0.39, 0.29) is 24.6 Å². The van der Waals surface area contributed by atoms with Crippen molar-refractivity contribution in [2.75, 3.05) is 37.7 Å². The quantitative estimate of drug-likeness (QED) is 0.741. The Bertz CT molecular complexity index is 872. The molecule has 1 N–H and O–H groups in total. The topological polar surface area (TPSA) is 71.1 Å². The molecule has 1 atom stereocenters. The van der Waals surface area contributed by atoms with Gasteiger partial charge in [0.25, 0.3) is 0 Å². The molecule has 7 heteroatoms. The Morgan fingerprint density at radius 3 is 2.61 bits per heavy atom. The predicted octanol–water partition coefficient (Wildman–Crippen LogP) is 3.19. The SMILES string of the molecule is O=C(OCc1ccccc1)N1CCN[C@H](CCOc2ccc(N3CCCC3=O)cc2)C1. The van der Waals surface area contributed by atoms with Crippen LogP contribution >= 0.6 is 0 Å². The van der Waals surface area contributed by atoms with Crippen LogP contribution in [0.25, 0.3) is 0 Å². The van der Waals surface area contributed by atoms with Gasteiger partial charge in [0.05, 0.1) is 6.61 Å². The van der Waals surface area contributed by atoms with Gasteiger partial charge in [0, 0.05) is 44.3 Å². The molecule has 2 fully saturated rings. The standard InChI is InChI=1S/C24H29N3O4/c28-23-7-4-14-27(23)21-8-10-22(11-9-21)30-16-12-20-17-26(15-13-25-20)24(29)31-18-19-5-2-1-3-6-19/h1-3,5-6,8-11,20,25H,4,7,12-18H2/t20-/m1/s1. The second-order valence-electron chi connectivity index (χ2n) is 7.92. The fourth-order valence-electron chi connectivity index (χ4n) is 3.96. The van der Waals surface area contributed by atoms with E-state index in [0.717, 1.165) is 42.9 Å². The Balaban J connectivity index is 1.19. The molecule has 2 amide bonds. The minimum absolute atomic E-state index is 0.166. The summed E-state index contributed by atoms with van der Waals surface area (Å²) in [6.45, 7) is 3.61. The minimum atomic E-state index is -0.275. The fraction of sp³-hybridized carbons (Fsp3) is 0.417. The van der Waals surface area contributed by atoms with Crippen molar-refractivity contribution in [3.8, 4) is 5.75 Å². The first kappa shape index (κ1) is 21.2. The van der Waals surface area contributed by atoms with Gasteiger partial charge in [-0.05, 0) is 42.7 Å². The highest BCUT2D eigenvalue weighted by Crippen LogP contribution is 2.24. The molecule has 4 rings (SSSR count). The van der Waals surface area contributed by atoms with Crippen LogP contribution in [0.15, 0.2) is 54.6 Å². The second-order valence-corrected chi connectivity index (χ2v) is 7.92. The third-order valence-electron chi connectivity index (χ3n) is 5.68. The number of amides is 2. The van der Waals surface area contributed by atoms with Crippen molar-refractivity contribution in [2.24, 2.45) is 0 Å². The number of benzene rings is 2. The van der Waals surface area contributed by atoms with E-state index in [4.69, 9.17) is 9.47 Å². The van der Waals surface area contributed by atoms with Crippen LogP contribution in [-0.2, 0) is 16.1 Å². The maximum Gasteiger partial charge on any atom is 0.410 e. The molecule has 2 aliphatic rings. The first-order chi connectivity index (χ1) is 15.2. The summed E-state index contributed by atoms with van der Waals surface area (Å²) >= 11 is 0. The summed E-state index contributed by atoms with van der Waals surface area (Å²) in [6.07, 6.45) is 2.06. The maximum atomic E-state index is 12.4. The highest BCUT2D eigenvalue weighted by Gasteiger charge is 2.24. The summed E-state index contributed by atoms with van der Waals surface area (Å²) in [7, 11) is 0. The lowest BCUT2D eigenvalue weighted by molar-refractivity contribution is -0.117. The number of nitrogens with one attached hydrogen (secondary N) is 1. The molecule has 0 saturated carbocycles. The van der Waals surface area contributed by atoms with Gasteiger partial charge < -0.3 is 24.6 Å². The molecule has 0 aromatic heterocycles. The van der Waals surface area contributed by atoms with Crippen molar-refractivity contribution in [3.05, 3.63) is 60.2 Å². The monoisotopic (exact) mass is 423 g/mol. The van der Waals surface area contributed by atoms with E-state index >= 15 is 0 Å². The molecule has 7 nitrogen and oxygen atoms in total. The predicted molar refractivity (Wildman–Crippen MR) is 118 cm³/mol. The van der Waals surface area contributed by atoms with E-state index in [1.165, 1.54) is 0 Å². The highest BCUT2D eigenvalue weighted by atomic mass is 16.6. The van der Waals surface area contributed by atoms with Crippen molar-refractivity contribution in [1.29, 1.82) is 0 Å². The van der Waals surface area contributed by atoms with Crippen LogP contribution in [0.4, 0.5) is 10.5 Å². The number of rotatable bonds is 7. The first-order valence-electron chi connectivity index (χ1n) is 10.9. The molecule has 0 aliphatic carbocycles. The molecule has 164 valence electrons. The van der Waals surface area contributed by atoms with Crippen LogP contribution in [0.2, 0.25) is 0 Å². The Labute approximate surface area is 182 Å². The average Bonchev–Trinajstić information content (AvgIpc) is 3.24. The van der Waals surface area contributed by atoms with Gasteiger partial charge in [0.15, 0.2) is 0 Å². The van der Waals surface area contributed by atoms with Gasteiger partial charge in [-0.1, -0.05) is 30.3 Å². The average molecular weight is 424 g/mol. The first-order valence-corrected chi connectivity index (χ1v) is 10.9. The van der Waals surface area contributed by atoms with Gasteiger partial charge in [0.1, 0.15) is 12.4 Å². The van der Waals surface area contributed by atoms with E-state index in [2.05, 4.69) is 5.32 Å². The Kier molecular flexibility index (Phi) is 7.04. The van der Waals surface area contributed by atoms with Crippen molar-refractivity contribution < 1.29 is 19.1 Å². The van der Waals surface area contributed by atoms with E-state index in [0.29, 0.717) is 26.1 Å². The summed E-state index contributed by atoms with van der Waals surface area (Å²) in [5.41, 5.74) is 1.91. The summed E-state index contributed by atoms with van der Waals surface area (Å²) in [4.78, 5) is 27.8. The lowest BCUT2D eigenvalue weighted by atomic mass is 10.1. The van der Waals surface area contributed by atoms with Crippen molar-refractivity contribution in [2.45, 2.75) is 31.9 Å². The largest absolute Gasteiger partial charge is 0.494 e. The zero-order chi connectivity index (χ0) is 21.5. The molecule has 2 aliphatic heterocycles. The second kappa shape index (κ2) is 10.3. The van der Waals surface area contributed by atoms with Crippen LogP contribution in [0.3, 0.4) is 0 Å². The number of piperazine rings is 1. The van der Waals surface area contributed by atoms with Crippen LogP contribution in [-0.4, -0.2) is 55.7 Å². The zero-order valence-corrected chi connectivity index (χ0v) is 17.7. The lowest BCUT2D eigenvalue weighted by Crippen LogP contribution is -2.53.